The maximum absolute atomic E-state index is 13.4. The average Bonchev–Trinajstić information content (AvgIpc) is 3.43. The monoisotopic (exact) mass is 535 g/mol. The molecule has 1 fully saturated rings. The van der Waals surface area contributed by atoms with Crippen molar-refractivity contribution in [1.29, 1.82) is 0 Å². The van der Waals surface area contributed by atoms with Crippen LogP contribution in [0.15, 0.2) is 30.6 Å². The summed E-state index contributed by atoms with van der Waals surface area (Å²) in [7, 11) is 3.43. The molecule has 0 radical (unpaired) electrons. The third-order valence-electron chi connectivity index (χ3n) is 7.13. The molecule has 5 rings (SSSR count). The molecule has 0 aliphatic carbocycles. The molecule has 0 spiro atoms. The van der Waals surface area contributed by atoms with Crippen molar-refractivity contribution in [3.8, 4) is 5.75 Å². The van der Waals surface area contributed by atoms with Crippen LogP contribution in [-0.4, -0.2) is 76.2 Å². The van der Waals surface area contributed by atoms with Crippen molar-refractivity contribution >= 4 is 40.2 Å². The molecule has 11 nitrogen and oxygen atoms in total. The van der Waals surface area contributed by atoms with Crippen LogP contribution in [0.25, 0.3) is 10.9 Å². The Hall–Kier alpha value is -4.02. The molecule has 3 amide bonds. The lowest BCUT2D eigenvalue weighted by atomic mass is 9.98. The first-order valence-electron chi connectivity index (χ1n) is 13.2. The summed E-state index contributed by atoms with van der Waals surface area (Å²) in [5.41, 5.74) is 2.46. The molecule has 2 aliphatic heterocycles. The molecule has 0 saturated carbocycles. The first-order chi connectivity index (χ1) is 18.4. The molecule has 2 aromatic heterocycles. The van der Waals surface area contributed by atoms with Gasteiger partial charge in [0.05, 0.1) is 23.9 Å². The lowest BCUT2D eigenvalue weighted by Crippen LogP contribution is -2.62. The number of benzene rings is 1. The van der Waals surface area contributed by atoms with Gasteiger partial charge in [-0.2, -0.15) is 5.10 Å². The summed E-state index contributed by atoms with van der Waals surface area (Å²) in [6, 6.07) is 5.41. The van der Waals surface area contributed by atoms with Crippen LogP contribution in [0, 0.1) is 0 Å². The predicted octanol–water partition coefficient (Wildman–Crippen LogP) is 4.41. The smallest absolute Gasteiger partial charge is 0.410 e. The number of amides is 3. The second-order valence-corrected chi connectivity index (χ2v) is 11.7. The zero-order valence-corrected chi connectivity index (χ0v) is 23.7. The van der Waals surface area contributed by atoms with E-state index >= 15 is 0 Å². The van der Waals surface area contributed by atoms with Crippen molar-refractivity contribution in [3.63, 3.8) is 0 Å². The van der Waals surface area contributed by atoms with E-state index in [2.05, 4.69) is 34.1 Å². The minimum Gasteiger partial charge on any atom is -0.494 e. The number of aromatic nitrogens is 3. The molecule has 1 aromatic carbocycles. The second-order valence-electron chi connectivity index (χ2n) is 11.7. The number of hydrogen-bond donors (Lipinski definition) is 1. The number of carbonyl (C=O) groups excluding carboxylic acids is 2. The molecule has 0 atom stereocenters. The number of rotatable bonds is 3. The first kappa shape index (κ1) is 26.6. The number of ether oxygens (including phenoxy) is 2. The van der Waals surface area contributed by atoms with Gasteiger partial charge in [0.25, 0.3) is 0 Å². The quantitative estimate of drug-likeness (QED) is 0.530. The Morgan fingerprint density at radius 3 is 2.59 bits per heavy atom. The fourth-order valence-electron chi connectivity index (χ4n) is 5.41. The third kappa shape index (κ3) is 5.17. The van der Waals surface area contributed by atoms with E-state index in [0.717, 1.165) is 22.2 Å². The van der Waals surface area contributed by atoms with Gasteiger partial charge in [-0.25, -0.2) is 14.6 Å². The Balaban J connectivity index is 1.35. The lowest BCUT2D eigenvalue weighted by molar-refractivity contribution is 0.000363. The zero-order chi connectivity index (χ0) is 28.1. The Morgan fingerprint density at radius 1 is 1.13 bits per heavy atom. The number of nitrogens with one attached hydrogen (secondary N) is 1. The van der Waals surface area contributed by atoms with Crippen LogP contribution < -0.4 is 19.9 Å². The first-order valence-corrected chi connectivity index (χ1v) is 13.2. The zero-order valence-electron chi connectivity index (χ0n) is 23.7. The van der Waals surface area contributed by atoms with Crippen molar-refractivity contribution in [2.75, 3.05) is 48.4 Å². The number of anilines is 3. The maximum atomic E-state index is 13.4. The van der Waals surface area contributed by atoms with Crippen molar-refractivity contribution in [3.05, 3.63) is 36.2 Å². The predicted molar refractivity (Wildman–Crippen MR) is 151 cm³/mol. The van der Waals surface area contributed by atoms with Gasteiger partial charge in [-0.15, -0.1) is 0 Å². The van der Waals surface area contributed by atoms with Gasteiger partial charge in [0, 0.05) is 68.3 Å². The highest BCUT2D eigenvalue weighted by atomic mass is 16.6. The summed E-state index contributed by atoms with van der Waals surface area (Å²) in [6.07, 6.45) is 4.04. The van der Waals surface area contributed by atoms with Gasteiger partial charge in [0.15, 0.2) is 0 Å². The van der Waals surface area contributed by atoms with E-state index in [1.165, 1.54) is 0 Å². The lowest BCUT2D eigenvalue weighted by Gasteiger charge is -2.48. The number of fused-ring (bicyclic) bond motifs is 2. The molecular formula is C28H37N7O4. The van der Waals surface area contributed by atoms with Crippen LogP contribution in [0.5, 0.6) is 5.75 Å². The number of nitrogens with zero attached hydrogens (tertiary/aromatic N) is 6. The minimum absolute atomic E-state index is 0.269. The molecule has 0 bridgehead atoms. The van der Waals surface area contributed by atoms with Crippen molar-refractivity contribution in [1.82, 2.24) is 19.7 Å². The van der Waals surface area contributed by atoms with Crippen LogP contribution in [-0.2, 0) is 18.2 Å². The van der Waals surface area contributed by atoms with Crippen LogP contribution in [0.1, 0.15) is 40.2 Å². The molecule has 2 aliphatic rings. The normalized spacial score (nSPS) is 16.8. The Bertz CT molecular complexity index is 1430. The van der Waals surface area contributed by atoms with Crippen LogP contribution in [0.2, 0.25) is 0 Å². The van der Waals surface area contributed by atoms with Crippen molar-refractivity contribution in [2.45, 2.75) is 52.2 Å². The highest BCUT2D eigenvalue weighted by Crippen LogP contribution is 2.37. The highest BCUT2D eigenvalue weighted by molar-refractivity contribution is 6.05. The number of pyridine rings is 1. The number of hydrogen-bond acceptors (Lipinski definition) is 7. The van der Waals surface area contributed by atoms with E-state index in [9.17, 15) is 9.59 Å². The number of carbonyl (C=O) groups is 2. The Labute approximate surface area is 228 Å². The van der Waals surface area contributed by atoms with Crippen LogP contribution in [0.3, 0.4) is 0 Å². The van der Waals surface area contributed by atoms with E-state index < -0.39 is 11.1 Å². The number of aryl methyl sites for hydroxylation is 1. The molecule has 208 valence electrons. The van der Waals surface area contributed by atoms with Gasteiger partial charge in [0.2, 0.25) is 0 Å². The summed E-state index contributed by atoms with van der Waals surface area (Å²) in [6.45, 7) is 12.1. The second kappa shape index (κ2) is 9.62. The van der Waals surface area contributed by atoms with Crippen molar-refractivity contribution < 1.29 is 19.1 Å². The summed E-state index contributed by atoms with van der Waals surface area (Å²) < 4.78 is 12.9. The van der Waals surface area contributed by atoms with E-state index in [1.807, 2.05) is 57.1 Å². The van der Waals surface area contributed by atoms with Gasteiger partial charge in [0.1, 0.15) is 17.2 Å². The van der Waals surface area contributed by atoms with Crippen LogP contribution >= 0.6 is 0 Å². The number of methoxy groups -OCH3 is 1. The summed E-state index contributed by atoms with van der Waals surface area (Å²) >= 11 is 0. The van der Waals surface area contributed by atoms with E-state index in [1.54, 1.807) is 22.9 Å². The molecule has 3 aromatic rings. The molecule has 39 heavy (non-hydrogen) atoms. The average molecular weight is 536 g/mol. The third-order valence-corrected chi connectivity index (χ3v) is 7.13. The molecule has 1 saturated heterocycles. The minimum atomic E-state index is -0.548. The highest BCUT2D eigenvalue weighted by Gasteiger charge is 2.40. The standard InChI is InChI=1S/C28H37N7O4/c1-27(2,3)39-26(37)35-13-12-33(17-28(35,4)5)22-8-10-29-24-19(22)9-11-34(24)25(36)30-21-14-18-16-32(6)31-20(18)15-23(21)38-7/h8,10,14-16H,9,11-13,17H2,1-7H3,(H,30,36). The van der Waals surface area contributed by atoms with Gasteiger partial charge in [-0.05, 0) is 53.2 Å². The number of urea groups is 1. The molecule has 4 heterocycles. The SMILES string of the molecule is COc1cc2nn(C)cc2cc1NC(=O)N1CCc2c(N3CCN(C(=O)OC(C)(C)C)C(C)(C)C3)ccnc21. The summed E-state index contributed by atoms with van der Waals surface area (Å²) in [5.74, 6) is 1.19. The number of piperazine rings is 1. The van der Waals surface area contributed by atoms with Gasteiger partial charge >= 0.3 is 12.1 Å². The fraction of sp³-hybridized carbons (Fsp3) is 0.500. The molecule has 11 heteroatoms. The van der Waals surface area contributed by atoms with Crippen molar-refractivity contribution in [2.24, 2.45) is 7.05 Å². The van der Waals surface area contributed by atoms with E-state index in [-0.39, 0.29) is 12.1 Å². The van der Waals surface area contributed by atoms with Gasteiger partial charge < -0.3 is 19.7 Å². The largest absolute Gasteiger partial charge is 0.494 e. The summed E-state index contributed by atoms with van der Waals surface area (Å²) in [4.78, 5) is 36.6. The topological polar surface area (TPSA) is 105 Å². The van der Waals surface area contributed by atoms with Gasteiger partial charge in [-0.1, -0.05) is 0 Å². The fourth-order valence-corrected chi connectivity index (χ4v) is 5.41. The van der Waals surface area contributed by atoms with E-state index in [0.29, 0.717) is 49.9 Å². The Kier molecular flexibility index (Phi) is 6.56. The Morgan fingerprint density at radius 2 is 1.90 bits per heavy atom. The van der Waals surface area contributed by atoms with E-state index in [4.69, 9.17) is 9.47 Å². The maximum Gasteiger partial charge on any atom is 0.410 e. The van der Waals surface area contributed by atoms with Crippen LogP contribution in [0.4, 0.5) is 26.8 Å². The molecule has 0 unspecified atom stereocenters. The summed E-state index contributed by atoms with van der Waals surface area (Å²) in [5, 5.41) is 8.33. The van der Waals surface area contributed by atoms with Gasteiger partial charge in [-0.3, -0.25) is 14.5 Å². The molecular weight excluding hydrogens is 498 g/mol. The molecule has 1 N–H and O–H groups in total.